The average Bonchev–Trinajstić information content (AvgIpc) is 2.69. The lowest BCUT2D eigenvalue weighted by Gasteiger charge is -2.38. The van der Waals surface area contributed by atoms with Gasteiger partial charge in [-0.05, 0) is 37.3 Å². The van der Waals surface area contributed by atoms with Crippen molar-refractivity contribution in [3.05, 3.63) is 65.4 Å². The Hall–Kier alpha value is -2.59. The standard InChI is InChI=1S/C20H17F5N2O2S/c1-10-5-6-11-14(26-10)3-2-4-15(11)27-18(19(29,9-30)20(23,24)25)12-7-8-13(21)17(28)16(12)22/h2-8,18,27-30H,9H2,1H3. The molecule has 3 aromatic rings. The van der Waals surface area contributed by atoms with Crippen molar-refractivity contribution in [2.24, 2.45) is 0 Å². The van der Waals surface area contributed by atoms with Gasteiger partial charge in [-0.1, -0.05) is 12.1 Å². The summed E-state index contributed by atoms with van der Waals surface area (Å²) in [5.41, 5.74) is -3.07. The number of aliphatic hydroxyl groups is 1. The van der Waals surface area contributed by atoms with Crippen LogP contribution in [0.1, 0.15) is 17.3 Å². The summed E-state index contributed by atoms with van der Waals surface area (Å²) in [5.74, 6) is -5.54. The predicted molar refractivity (Wildman–Crippen MR) is 106 cm³/mol. The summed E-state index contributed by atoms with van der Waals surface area (Å²) in [6.45, 7) is 1.74. The van der Waals surface area contributed by atoms with Crippen molar-refractivity contribution in [2.75, 3.05) is 11.1 Å². The molecule has 0 spiro atoms. The number of aromatic hydroxyl groups is 1. The fraction of sp³-hybridized carbons (Fsp3) is 0.250. The first-order valence-electron chi connectivity index (χ1n) is 8.69. The molecule has 1 aromatic heterocycles. The predicted octanol–water partition coefficient (Wildman–Crippen LogP) is 4.90. The topological polar surface area (TPSA) is 65.4 Å². The lowest BCUT2D eigenvalue weighted by molar-refractivity contribution is -0.256. The van der Waals surface area contributed by atoms with E-state index in [4.69, 9.17) is 0 Å². The van der Waals surface area contributed by atoms with Crippen molar-refractivity contribution >= 4 is 29.2 Å². The van der Waals surface area contributed by atoms with Crippen LogP contribution < -0.4 is 5.32 Å². The van der Waals surface area contributed by atoms with Crippen LogP contribution in [0.3, 0.4) is 0 Å². The van der Waals surface area contributed by atoms with Gasteiger partial charge in [0.05, 0.1) is 11.6 Å². The highest BCUT2D eigenvalue weighted by atomic mass is 32.1. The van der Waals surface area contributed by atoms with E-state index in [2.05, 4.69) is 22.9 Å². The summed E-state index contributed by atoms with van der Waals surface area (Å²) in [6.07, 6.45) is -5.23. The van der Waals surface area contributed by atoms with Gasteiger partial charge in [0, 0.05) is 28.1 Å². The minimum Gasteiger partial charge on any atom is -0.503 e. The largest absolute Gasteiger partial charge is 0.503 e. The quantitative estimate of drug-likeness (QED) is 0.334. The molecule has 4 nitrogen and oxygen atoms in total. The number of benzene rings is 2. The van der Waals surface area contributed by atoms with Crippen LogP contribution in [0.15, 0.2) is 42.5 Å². The number of phenolic OH excluding ortho intramolecular Hbond substituents is 1. The van der Waals surface area contributed by atoms with Gasteiger partial charge >= 0.3 is 6.18 Å². The third-order valence-electron chi connectivity index (χ3n) is 4.79. The Bertz CT molecular complexity index is 1090. The second kappa shape index (κ2) is 7.92. The Morgan fingerprint density at radius 2 is 1.80 bits per heavy atom. The summed E-state index contributed by atoms with van der Waals surface area (Å²) < 4.78 is 69.5. The van der Waals surface area contributed by atoms with Gasteiger partial charge in [0.15, 0.2) is 23.0 Å². The van der Waals surface area contributed by atoms with Gasteiger partial charge in [-0.25, -0.2) is 8.78 Å². The number of phenols is 1. The van der Waals surface area contributed by atoms with Gasteiger partial charge in [-0.3, -0.25) is 4.98 Å². The maximum atomic E-state index is 14.6. The molecule has 3 rings (SSSR count). The Labute approximate surface area is 173 Å². The van der Waals surface area contributed by atoms with Crippen molar-refractivity contribution in [3.63, 3.8) is 0 Å². The van der Waals surface area contributed by atoms with Crippen molar-refractivity contribution in [1.29, 1.82) is 0 Å². The highest BCUT2D eigenvalue weighted by molar-refractivity contribution is 7.80. The summed E-state index contributed by atoms with van der Waals surface area (Å²) in [7, 11) is 0. The van der Waals surface area contributed by atoms with E-state index < -0.39 is 46.5 Å². The maximum absolute atomic E-state index is 14.6. The Morgan fingerprint density at radius 3 is 2.43 bits per heavy atom. The molecule has 160 valence electrons. The summed E-state index contributed by atoms with van der Waals surface area (Å²) in [6, 6.07) is 7.05. The first-order chi connectivity index (χ1) is 14.0. The van der Waals surface area contributed by atoms with Crippen LogP contribution in [-0.2, 0) is 0 Å². The number of nitrogens with one attached hydrogen (secondary N) is 1. The van der Waals surface area contributed by atoms with Crippen LogP contribution in [0.5, 0.6) is 5.75 Å². The van der Waals surface area contributed by atoms with E-state index >= 15 is 0 Å². The Balaban J connectivity index is 2.23. The normalized spacial score (nSPS) is 15.1. The number of aromatic nitrogens is 1. The number of fused-ring (bicyclic) bond motifs is 1. The minimum atomic E-state index is -5.23. The van der Waals surface area contributed by atoms with Gasteiger partial charge in [0.2, 0.25) is 0 Å². The van der Waals surface area contributed by atoms with E-state index in [1.54, 1.807) is 25.1 Å². The van der Waals surface area contributed by atoms with Crippen molar-refractivity contribution in [3.8, 4) is 5.75 Å². The summed E-state index contributed by atoms with van der Waals surface area (Å²) in [5, 5.41) is 23.0. The van der Waals surface area contributed by atoms with E-state index in [0.717, 1.165) is 6.07 Å². The fourth-order valence-electron chi connectivity index (χ4n) is 3.12. The van der Waals surface area contributed by atoms with E-state index in [0.29, 0.717) is 22.7 Å². The number of hydrogen-bond acceptors (Lipinski definition) is 5. The van der Waals surface area contributed by atoms with Crippen LogP contribution in [0.2, 0.25) is 0 Å². The number of pyridine rings is 1. The lowest BCUT2D eigenvalue weighted by Crippen LogP contribution is -2.54. The van der Waals surface area contributed by atoms with E-state index in [-0.39, 0.29) is 5.69 Å². The van der Waals surface area contributed by atoms with Crippen molar-refractivity contribution in [1.82, 2.24) is 4.98 Å². The minimum absolute atomic E-state index is 0.123. The lowest BCUT2D eigenvalue weighted by atomic mass is 9.88. The third kappa shape index (κ3) is 3.77. The van der Waals surface area contributed by atoms with Gasteiger partial charge in [0.1, 0.15) is 0 Å². The molecule has 0 aliphatic rings. The molecule has 0 fully saturated rings. The highest BCUT2D eigenvalue weighted by Crippen LogP contribution is 2.45. The Kier molecular flexibility index (Phi) is 5.83. The number of rotatable bonds is 5. The van der Waals surface area contributed by atoms with Gasteiger partial charge in [-0.2, -0.15) is 25.8 Å². The number of nitrogens with zero attached hydrogens (tertiary/aromatic N) is 1. The third-order valence-corrected chi connectivity index (χ3v) is 5.27. The molecule has 2 unspecified atom stereocenters. The molecule has 10 heteroatoms. The maximum Gasteiger partial charge on any atom is 0.420 e. The number of hydrogen-bond donors (Lipinski definition) is 4. The molecule has 1 heterocycles. The number of anilines is 1. The number of aryl methyl sites for hydroxylation is 1. The molecule has 2 aromatic carbocycles. The van der Waals surface area contributed by atoms with Crippen molar-refractivity contribution in [2.45, 2.75) is 24.7 Å². The van der Waals surface area contributed by atoms with Gasteiger partial charge in [-0.15, -0.1) is 0 Å². The summed E-state index contributed by atoms with van der Waals surface area (Å²) >= 11 is 3.64. The zero-order chi connectivity index (χ0) is 22.3. The van der Waals surface area contributed by atoms with E-state index in [9.17, 15) is 32.2 Å². The second-order valence-electron chi connectivity index (χ2n) is 6.78. The zero-order valence-corrected chi connectivity index (χ0v) is 16.4. The molecule has 0 saturated carbocycles. The van der Waals surface area contributed by atoms with Crippen LogP contribution in [0, 0.1) is 18.6 Å². The molecule has 0 aliphatic carbocycles. The van der Waals surface area contributed by atoms with Crippen LogP contribution in [0.4, 0.5) is 27.6 Å². The van der Waals surface area contributed by atoms with E-state index in [1.165, 1.54) is 12.1 Å². The molecule has 0 amide bonds. The summed E-state index contributed by atoms with van der Waals surface area (Å²) in [4.78, 5) is 4.29. The molecule has 0 aliphatic heterocycles. The molecule has 2 atom stereocenters. The number of thiol groups is 1. The number of halogens is 5. The molecule has 3 N–H and O–H groups in total. The first-order valence-corrected chi connectivity index (χ1v) is 9.32. The van der Waals surface area contributed by atoms with Gasteiger partial charge < -0.3 is 15.5 Å². The first kappa shape index (κ1) is 22.1. The SMILES string of the molecule is Cc1ccc2c(NC(c3ccc(F)c(O)c3F)C(O)(CS)C(F)(F)F)cccc2n1. The molecule has 0 bridgehead atoms. The Morgan fingerprint density at radius 1 is 1.10 bits per heavy atom. The average molecular weight is 444 g/mol. The smallest absolute Gasteiger partial charge is 0.420 e. The fourth-order valence-corrected chi connectivity index (χ4v) is 3.48. The van der Waals surface area contributed by atoms with Crippen molar-refractivity contribution < 1.29 is 32.2 Å². The zero-order valence-electron chi connectivity index (χ0n) is 15.5. The van der Waals surface area contributed by atoms with Crippen LogP contribution in [0.25, 0.3) is 10.9 Å². The molecule has 0 saturated heterocycles. The molecular formula is C20H17F5N2O2S. The monoisotopic (exact) mass is 444 g/mol. The highest BCUT2D eigenvalue weighted by Gasteiger charge is 2.59. The molecular weight excluding hydrogens is 427 g/mol. The van der Waals surface area contributed by atoms with Crippen LogP contribution >= 0.6 is 12.6 Å². The second-order valence-corrected chi connectivity index (χ2v) is 7.10. The molecule has 0 radical (unpaired) electrons. The van der Waals surface area contributed by atoms with Crippen LogP contribution in [-0.4, -0.2) is 32.7 Å². The number of alkyl halides is 3. The van der Waals surface area contributed by atoms with Gasteiger partial charge in [0.25, 0.3) is 0 Å². The molecule has 30 heavy (non-hydrogen) atoms. The van der Waals surface area contributed by atoms with E-state index in [1.807, 2.05) is 0 Å².